The Morgan fingerprint density at radius 3 is 2.87 bits per heavy atom. The van der Waals surface area contributed by atoms with Crippen molar-refractivity contribution in [1.29, 1.82) is 0 Å². The summed E-state index contributed by atoms with van der Waals surface area (Å²) in [5.74, 6) is 0.461. The van der Waals surface area contributed by atoms with Crippen LogP contribution in [-0.2, 0) is 16.0 Å². The smallest absolute Gasteiger partial charge is 0.245 e. The fourth-order valence-corrected chi connectivity index (χ4v) is 4.92. The van der Waals surface area contributed by atoms with Crippen molar-refractivity contribution < 1.29 is 24.2 Å². The average Bonchev–Trinajstić information content (AvgIpc) is 3.35. The topological polar surface area (TPSA) is 95.1 Å². The van der Waals surface area contributed by atoms with E-state index >= 15 is 0 Å². The van der Waals surface area contributed by atoms with E-state index in [9.17, 15) is 14.7 Å². The number of carbonyl (C=O) groups is 2. The molecule has 152 valence electrons. The van der Waals surface area contributed by atoms with Crippen molar-refractivity contribution in [3.8, 4) is 17.2 Å². The molecule has 1 aromatic heterocycles. The number of benzene rings is 2. The zero-order valence-corrected chi connectivity index (χ0v) is 16.2. The molecule has 0 radical (unpaired) electrons. The maximum atomic E-state index is 13.1. The number of phenols is 1. The Bertz CT molecular complexity index is 1230. The van der Waals surface area contributed by atoms with Crippen molar-refractivity contribution in [1.82, 2.24) is 14.8 Å². The van der Waals surface area contributed by atoms with Gasteiger partial charge in [-0.1, -0.05) is 18.2 Å². The van der Waals surface area contributed by atoms with E-state index in [1.165, 1.54) is 4.90 Å². The molecule has 2 unspecified atom stereocenters. The van der Waals surface area contributed by atoms with Crippen LogP contribution in [0.25, 0.3) is 10.9 Å². The van der Waals surface area contributed by atoms with E-state index in [-0.39, 0.29) is 30.9 Å². The summed E-state index contributed by atoms with van der Waals surface area (Å²) < 4.78 is 10.8. The van der Waals surface area contributed by atoms with E-state index in [1.807, 2.05) is 24.3 Å². The molecule has 1 fully saturated rings. The third-order valence-electron chi connectivity index (χ3n) is 6.24. The Morgan fingerprint density at radius 2 is 2.00 bits per heavy atom. The van der Waals surface area contributed by atoms with E-state index in [2.05, 4.69) is 4.98 Å². The van der Waals surface area contributed by atoms with Crippen LogP contribution in [0.15, 0.2) is 36.4 Å². The molecule has 3 aliphatic rings. The van der Waals surface area contributed by atoms with Crippen molar-refractivity contribution in [2.75, 3.05) is 20.4 Å². The molecule has 2 atom stereocenters. The Labute approximate surface area is 171 Å². The van der Waals surface area contributed by atoms with E-state index < -0.39 is 12.1 Å². The summed E-state index contributed by atoms with van der Waals surface area (Å²) in [5.41, 5.74) is 3.49. The highest BCUT2D eigenvalue weighted by Gasteiger charge is 2.47. The molecule has 0 bridgehead atoms. The van der Waals surface area contributed by atoms with Gasteiger partial charge in [0.15, 0.2) is 11.5 Å². The number of aromatic hydroxyl groups is 1. The first-order valence-corrected chi connectivity index (χ1v) is 9.81. The standard InChI is InChI=1S/C22H19N3O5/c1-24-9-18(27)25-15(22(24)28)8-13-12-4-2-3-5-14(12)23-19(13)20(25)11-6-16(26)21-17(7-11)29-10-30-21/h2-7,15,20,23,26H,8-10H2,1H3. The van der Waals surface area contributed by atoms with Gasteiger partial charge in [-0.15, -0.1) is 0 Å². The highest BCUT2D eigenvalue weighted by molar-refractivity contribution is 5.97. The number of ether oxygens (including phenoxy) is 2. The van der Waals surface area contributed by atoms with Gasteiger partial charge in [0.25, 0.3) is 0 Å². The fraction of sp³-hybridized carbons (Fsp3) is 0.273. The number of hydrogen-bond donors (Lipinski definition) is 2. The number of nitrogens with zero attached hydrogens (tertiary/aromatic N) is 2. The SMILES string of the molecule is CN1CC(=O)N2C(Cc3c([nH]c4ccccc34)C2c2cc(O)c3c(c2)OCO3)C1=O. The number of aromatic nitrogens is 1. The lowest BCUT2D eigenvalue weighted by molar-refractivity contribution is -0.157. The molecule has 8 heteroatoms. The van der Waals surface area contributed by atoms with Crippen molar-refractivity contribution >= 4 is 22.7 Å². The van der Waals surface area contributed by atoms with Crippen molar-refractivity contribution in [2.45, 2.75) is 18.5 Å². The molecule has 6 rings (SSSR count). The van der Waals surface area contributed by atoms with Gasteiger partial charge in [-0.05, 0) is 29.3 Å². The van der Waals surface area contributed by atoms with Gasteiger partial charge in [0.2, 0.25) is 24.4 Å². The van der Waals surface area contributed by atoms with Gasteiger partial charge in [-0.25, -0.2) is 0 Å². The minimum absolute atomic E-state index is 0.0257. The van der Waals surface area contributed by atoms with Gasteiger partial charge >= 0.3 is 0 Å². The van der Waals surface area contributed by atoms with Crippen LogP contribution in [0.5, 0.6) is 17.2 Å². The zero-order valence-electron chi connectivity index (χ0n) is 16.2. The number of piperazine rings is 1. The molecule has 2 N–H and O–H groups in total. The number of nitrogens with one attached hydrogen (secondary N) is 1. The van der Waals surface area contributed by atoms with Crippen LogP contribution in [0, 0.1) is 0 Å². The van der Waals surface area contributed by atoms with E-state index in [0.29, 0.717) is 23.5 Å². The quantitative estimate of drug-likeness (QED) is 0.645. The number of likely N-dealkylation sites (N-methyl/N-ethyl adjacent to an activating group) is 1. The number of carbonyl (C=O) groups excluding carboxylic acids is 2. The molecule has 0 saturated carbocycles. The second-order valence-electron chi connectivity index (χ2n) is 7.95. The van der Waals surface area contributed by atoms with Crippen molar-refractivity contribution in [3.63, 3.8) is 0 Å². The van der Waals surface area contributed by atoms with Crippen molar-refractivity contribution in [3.05, 3.63) is 53.2 Å². The van der Waals surface area contributed by atoms with Gasteiger partial charge in [-0.3, -0.25) is 9.59 Å². The van der Waals surface area contributed by atoms with Crippen molar-refractivity contribution in [2.24, 2.45) is 0 Å². The fourth-order valence-electron chi connectivity index (χ4n) is 4.92. The average molecular weight is 405 g/mol. The summed E-state index contributed by atoms with van der Waals surface area (Å²) >= 11 is 0. The molecule has 30 heavy (non-hydrogen) atoms. The van der Waals surface area contributed by atoms with E-state index in [4.69, 9.17) is 9.47 Å². The number of rotatable bonds is 1. The Kier molecular flexibility index (Phi) is 3.39. The largest absolute Gasteiger partial charge is 0.504 e. The lowest BCUT2D eigenvalue weighted by Crippen LogP contribution is -2.62. The number of H-pyrrole nitrogens is 1. The number of aromatic amines is 1. The lowest BCUT2D eigenvalue weighted by atomic mass is 9.86. The third-order valence-corrected chi connectivity index (χ3v) is 6.24. The highest BCUT2D eigenvalue weighted by atomic mass is 16.7. The molecular formula is C22H19N3O5. The van der Waals surface area contributed by atoms with Crippen LogP contribution in [0.1, 0.15) is 22.9 Å². The predicted molar refractivity (Wildman–Crippen MR) is 106 cm³/mol. The monoisotopic (exact) mass is 405 g/mol. The van der Waals surface area contributed by atoms with Gasteiger partial charge in [0, 0.05) is 30.1 Å². The maximum Gasteiger partial charge on any atom is 0.245 e. The molecule has 3 aromatic rings. The van der Waals surface area contributed by atoms with Crippen LogP contribution in [-0.4, -0.2) is 58.1 Å². The second kappa shape index (κ2) is 5.91. The molecule has 0 spiro atoms. The number of hydrogen-bond acceptors (Lipinski definition) is 5. The zero-order chi connectivity index (χ0) is 20.6. The normalized spacial score (nSPS) is 22.4. The Hall–Kier alpha value is -3.68. The Balaban J connectivity index is 1.61. The first-order chi connectivity index (χ1) is 14.5. The summed E-state index contributed by atoms with van der Waals surface area (Å²) in [4.78, 5) is 32.7. The highest BCUT2D eigenvalue weighted by Crippen LogP contribution is 2.47. The number of fused-ring (bicyclic) bond motifs is 5. The van der Waals surface area contributed by atoms with Crippen LogP contribution in [0.2, 0.25) is 0 Å². The third kappa shape index (κ3) is 2.21. The molecule has 8 nitrogen and oxygen atoms in total. The molecule has 2 amide bonds. The van der Waals surface area contributed by atoms with Crippen LogP contribution in [0.4, 0.5) is 0 Å². The maximum absolute atomic E-state index is 13.1. The number of phenolic OH excluding ortho intramolecular Hbond substituents is 1. The molecule has 0 aliphatic carbocycles. The summed E-state index contributed by atoms with van der Waals surface area (Å²) in [6, 6.07) is 10.1. The number of para-hydroxylation sites is 1. The van der Waals surface area contributed by atoms with E-state index in [0.717, 1.165) is 22.2 Å². The molecular weight excluding hydrogens is 386 g/mol. The summed E-state index contributed by atoms with van der Waals surface area (Å²) in [5, 5.41) is 11.5. The van der Waals surface area contributed by atoms with Gasteiger partial charge < -0.3 is 29.4 Å². The van der Waals surface area contributed by atoms with E-state index in [1.54, 1.807) is 24.1 Å². The summed E-state index contributed by atoms with van der Waals surface area (Å²) in [6.45, 7) is 0.0567. The van der Waals surface area contributed by atoms with Crippen LogP contribution in [0.3, 0.4) is 0 Å². The molecule has 1 saturated heterocycles. The number of amides is 2. The predicted octanol–water partition coefficient (Wildman–Crippen LogP) is 1.92. The first-order valence-electron chi connectivity index (χ1n) is 9.81. The molecule has 3 aliphatic heterocycles. The van der Waals surface area contributed by atoms with Gasteiger partial charge in [0.1, 0.15) is 6.04 Å². The minimum atomic E-state index is -0.597. The van der Waals surface area contributed by atoms with Gasteiger partial charge in [0.05, 0.1) is 12.6 Å². The summed E-state index contributed by atoms with van der Waals surface area (Å²) in [7, 11) is 1.66. The van der Waals surface area contributed by atoms with Crippen LogP contribution < -0.4 is 9.47 Å². The molecule has 2 aromatic carbocycles. The molecule has 4 heterocycles. The van der Waals surface area contributed by atoms with Crippen LogP contribution >= 0.6 is 0 Å². The van der Waals surface area contributed by atoms with Gasteiger partial charge in [-0.2, -0.15) is 0 Å². The second-order valence-corrected chi connectivity index (χ2v) is 7.95. The first kappa shape index (κ1) is 17.2. The Morgan fingerprint density at radius 1 is 1.17 bits per heavy atom. The summed E-state index contributed by atoms with van der Waals surface area (Å²) in [6.07, 6.45) is 0.446. The minimum Gasteiger partial charge on any atom is -0.504 e. The lowest BCUT2D eigenvalue weighted by Gasteiger charge is -2.46.